The zero-order chi connectivity index (χ0) is 18.7. The molecule has 27 heavy (non-hydrogen) atoms. The van der Waals surface area contributed by atoms with E-state index >= 15 is 0 Å². The maximum atomic E-state index is 10.7. The number of anilines is 1. The predicted octanol–water partition coefficient (Wildman–Crippen LogP) is -0.743. The SMILES string of the molecule is Cc1nn(CCS(=O)(=O)[O-])c(N)c1N=Nc1nc(-c2ccccc2)ns1.[Na+]. The zero-order valence-corrected chi connectivity index (χ0v) is 18.2. The molecule has 0 unspecified atom stereocenters. The van der Waals surface area contributed by atoms with Crippen LogP contribution in [0, 0.1) is 6.92 Å². The summed E-state index contributed by atoms with van der Waals surface area (Å²) >= 11 is 1.09. The molecule has 2 heterocycles. The third-order valence-corrected chi connectivity index (χ3v) is 4.65. The molecule has 0 saturated heterocycles. The Morgan fingerprint density at radius 1 is 1.26 bits per heavy atom. The normalized spacial score (nSPS) is 11.6. The molecule has 0 radical (unpaired) electrons. The van der Waals surface area contributed by atoms with Crippen molar-refractivity contribution >= 4 is 38.3 Å². The minimum Gasteiger partial charge on any atom is -0.748 e. The second kappa shape index (κ2) is 8.99. The van der Waals surface area contributed by atoms with Crippen LogP contribution < -0.4 is 35.3 Å². The van der Waals surface area contributed by atoms with E-state index in [9.17, 15) is 13.0 Å². The number of nitrogen functional groups attached to an aromatic ring is 1. The number of nitrogens with zero attached hydrogens (tertiary/aromatic N) is 6. The first-order valence-corrected chi connectivity index (χ1v) is 9.76. The van der Waals surface area contributed by atoms with Crippen LogP contribution in [0.5, 0.6) is 0 Å². The number of aryl methyl sites for hydroxylation is 2. The van der Waals surface area contributed by atoms with Crippen LogP contribution >= 0.6 is 11.5 Å². The number of azo groups is 1. The van der Waals surface area contributed by atoms with Crippen molar-refractivity contribution in [2.24, 2.45) is 10.2 Å². The van der Waals surface area contributed by atoms with Crippen molar-refractivity contribution < 1.29 is 42.5 Å². The molecule has 0 aliphatic carbocycles. The van der Waals surface area contributed by atoms with Crippen molar-refractivity contribution in [1.29, 1.82) is 0 Å². The second-order valence-corrected chi connectivity index (χ2v) is 7.52. The number of nitrogens with two attached hydrogens (primary N) is 1. The van der Waals surface area contributed by atoms with E-state index in [1.165, 1.54) is 4.68 Å². The van der Waals surface area contributed by atoms with Crippen molar-refractivity contribution in [2.75, 3.05) is 11.5 Å². The van der Waals surface area contributed by atoms with Gasteiger partial charge in [0.05, 0.1) is 28.1 Å². The summed E-state index contributed by atoms with van der Waals surface area (Å²) in [4.78, 5) is 4.29. The molecule has 3 rings (SSSR count). The number of benzene rings is 1. The van der Waals surface area contributed by atoms with Gasteiger partial charge in [0.1, 0.15) is 5.82 Å². The van der Waals surface area contributed by atoms with Gasteiger partial charge in [-0.2, -0.15) is 14.5 Å². The van der Waals surface area contributed by atoms with Gasteiger partial charge in [-0.1, -0.05) is 30.3 Å². The van der Waals surface area contributed by atoms with Gasteiger partial charge in [0, 0.05) is 17.1 Å². The van der Waals surface area contributed by atoms with E-state index in [-0.39, 0.29) is 41.9 Å². The zero-order valence-electron chi connectivity index (χ0n) is 14.6. The molecule has 13 heteroatoms. The van der Waals surface area contributed by atoms with Crippen molar-refractivity contribution in [3.63, 3.8) is 0 Å². The molecule has 0 aliphatic heterocycles. The van der Waals surface area contributed by atoms with E-state index in [4.69, 9.17) is 5.73 Å². The summed E-state index contributed by atoms with van der Waals surface area (Å²) < 4.78 is 37.7. The van der Waals surface area contributed by atoms with Crippen molar-refractivity contribution in [2.45, 2.75) is 13.5 Å². The number of hydrogen-bond donors (Lipinski definition) is 1. The average molecular weight is 415 g/mol. The molecule has 136 valence electrons. The molecular formula is C14H14N7NaO3S2. The Balaban J connectivity index is 0.00000261. The molecule has 10 nitrogen and oxygen atoms in total. The van der Waals surface area contributed by atoms with E-state index < -0.39 is 15.9 Å². The van der Waals surface area contributed by atoms with Crippen LogP contribution in [0.2, 0.25) is 0 Å². The van der Waals surface area contributed by atoms with Crippen LogP contribution in [0.15, 0.2) is 40.6 Å². The Morgan fingerprint density at radius 3 is 2.63 bits per heavy atom. The molecule has 1 aromatic carbocycles. The smallest absolute Gasteiger partial charge is 0.748 e. The standard InChI is InChI=1S/C14H15N7O3S2.Na/c1-9-11(12(15)21(19-9)7-8-26(22,23)24)17-18-14-16-13(20-25-14)10-5-3-2-4-6-10;/h2-6H,7-8,15H2,1H3,(H,22,23,24);/q;+1/p-1. The topological polar surface area (TPSA) is 152 Å². The van der Waals surface area contributed by atoms with Crippen LogP contribution in [0.3, 0.4) is 0 Å². The monoisotopic (exact) mass is 415 g/mol. The Hall–Kier alpha value is -1.70. The molecule has 2 aromatic heterocycles. The van der Waals surface area contributed by atoms with Gasteiger partial charge in [-0.3, -0.25) is 0 Å². The fraction of sp³-hybridized carbons (Fsp3) is 0.214. The molecule has 0 fully saturated rings. The van der Waals surface area contributed by atoms with Crippen LogP contribution in [0.25, 0.3) is 11.4 Å². The van der Waals surface area contributed by atoms with Crippen LogP contribution in [0.4, 0.5) is 16.6 Å². The van der Waals surface area contributed by atoms with E-state index in [2.05, 4.69) is 24.7 Å². The van der Waals surface area contributed by atoms with Gasteiger partial charge in [-0.05, 0) is 6.92 Å². The first-order chi connectivity index (χ1) is 12.3. The molecule has 0 aliphatic rings. The minimum atomic E-state index is -4.36. The van der Waals surface area contributed by atoms with E-state index in [1.807, 2.05) is 30.3 Å². The number of aromatic nitrogens is 4. The Kier molecular flexibility index (Phi) is 7.19. The maximum Gasteiger partial charge on any atom is 1.00 e. The number of hydrogen-bond acceptors (Lipinski definition) is 10. The molecule has 0 saturated carbocycles. The largest absolute Gasteiger partial charge is 1.00 e. The summed E-state index contributed by atoms with van der Waals surface area (Å²) in [5.41, 5.74) is 7.54. The summed E-state index contributed by atoms with van der Waals surface area (Å²) in [7, 11) is -4.36. The average Bonchev–Trinajstić information content (AvgIpc) is 3.17. The maximum absolute atomic E-state index is 10.7. The van der Waals surface area contributed by atoms with Crippen molar-refractivity contribution in [1.82, 2.24) is 19.1 Å². The summed E-state index contributed by atoms with van der Waals surface area (Å²) in [5.74, 6) is 0.0689. The molecular weight excluding hydrogens is 401 g/mol. The molecule has 3 aromatic rings. The summed E-state index contributed by atoms with van der Waals surface area (Å²) in [6.07, 6.45) is 0. The van der Waals surface area contributed by atoms with Gasteiger partial charge in [-0.15, -0.1) is 10.2 Å². The van der Waals surface area contributed by atoms with Crippen molar-refractivity contribution in [3.05, 3.63) is 36.0 Å². The van der Waals surface area contributed by atoms with Crippen LogP contribution in [-0.4, -0.2) is 37.9 Å². The van der Waals surface area contributed by atoms with Gasteiger partial charge in [-0.25, -0.2) is 13.1 Å². The van der Waals surface area contributed by atoms with Gasteiger partial charge >= 0.3 is 29.6 Å². The van der Waals surface area contributed by atoms with Gasteiger partial charge in [0.15, 0.2) is 11.5 Å². The quantitative estimate of drug-likeness (QED) is 0.316. The van der Waals surface area contributed by atoms with Crippen LogP contribution in [0.1, 0.15) is 5.69 Å². The second-order valence-electron chi connectivity index (χ2n) is 5.27. The van der Waals surface area contributed by atoms with Gasteiger partial charge in [0.25, 0.3) is 0 Å². The van der Waals surface area contributed by atoms with Crippen molar-refractivity contribution in [3.8, 4) is 11.4 Å². The van der Waals surface area contributed by atoms with E-state index in [0.29, 0.717) is 22.3 Å². The third-order valence-electron chi connectivity index (χ3n) is 3.37. The minimum absolute atomic E-state index is 0. The summed E-state index contributed by atoms with van der Waals surface area (Å²) in [5, 5.41) is 12.5. The summed E-state index contributed by atoms with van der Waals surface area (Å²) in [6.45, 7) is 1.51. The Morgan fingerprint density at radius 2 is 1.96 bits per heavy atom. The Bertz CT molecular complexity index is 1050. The molecule has 0 spiro atoms. The fourth-order valence-electron chi connectivity index (χ4n) is 2.14. The molecule has 0 amide bonds. The van der Waals surface area contributed by atoms with E-state index in [1.54, 1.807) is 6.92 Å². The fourth-order valence-corrected chi connectivity index (χ4v) is 3.05. The third kappa shape index (κ3) is 5.64. The predicted molar refractivity (Wildman–Crippen MR) is 95.5 cm³/mol. The molecule has 0 bridgehead atoms. The van der Waals surface area contributed by atoms with Crippen LogP contribution in [-0.2, 0) is 16.7 Å². The van der Waals surface area contributed by atoms with Gasteiger partial charge < -0.3 is 10.3 Å². The summed E-state index contributed by atoms with van der Waals surface area (Å²) in [6, 6.07) is 9.45. The first kappa shape index (κ1) is 21.6. The van der Waals surface area contributed by atoms with E-state index in [0.717, 1.165) is 17.1 Å². The molecule has 0 atom stereocenters. The molecule has 2 N–H and O–H groups in total. The van der Waals surface area contributed by atoms with Gasteiger partial charge in [0.2, 0.25) is 5.13 Å². The Labute approximate surface area is 181 Å². The first-order valence-electron chi connectivity index (χ1n) is 7.41. The number of rotatable bonds is 6.